The van der Waals surface area contributed by atoms with Crippen LogP contribution in [0.1, 0.15) is 64.7 Å². The van der Waals surface area contributed by atoms with E-state index in [1.54, 1.807) is 6.08 Å². The van der Waals surface area contributed by atoms with E-state index in [1.165, 1.54) is 0 Å². The number of aliphatic carboxylic acids is 1. The lowest BCUT2D eigenvalue weighted by molar-refractivity contribution is -0.137. The predicted molar refractivity (Wildman–Crippen MR) is 107 cm³/mol. The molecule has 0 spiro atoms. The van der Waals surface area contributed by atoms with Crippen LogP contribution >= 0.6 is 0 Å². The number of carbonyl (C=O) groups is 1. The molecule has 0 saturated carbocycles. The number of allylic oxidation sites excluding steroid dienone is 8. The van der Waals surface area contributed by atoms with Crippen LogP contribution in [0.15, 0.2) is 60.8 Å². The van der Waals surface area contributed by atoms with Gasteiger partial charge in [-0.3, -0.25) is 4.79 Å². The molecule has 3 nitrogen and oxygen atoms in total. The summed E-state index contributed by atoms with van der Waals surface area (Å²) in [7, 11) is 0. The molecule has 0 aromatic rings. The summed E-state index contributed by atoms with van der Waals surface area (Å²) in [4.78, 5) is 10.4. The van der Waals surface area contributed by atoms with Crippen LogP contribution in [0.3, 0.4) is 0 Å². The summed E-state index contributed by atoms with van der Waals surface area (Å²) in [5.41, 5.74) is 0. The zero-order valence-corrected chi connectivity index (χ0v) is 15.5. The van der Waals surface area contributed by atoms with Crippen molar-refractivity contribution in [2.24, 2.45) is 0 Å². The Kier molecular flexibility index (Phi) is 17.1. The molecular weight excluding hydrogens is 312 g/mol. The normalized spacial score (nSPS) is 14.0. The van der Waals surface area contributed by atoms with Crippen molar-refractivity contribution in [2.75, 3.05) is 0 Å². The number of hydrogen-bond donors (Lipinski definition) is 2. The summed E-state index contributed by atoms with van der Waals surface area (Å²) in [6, 6.07) is 0. The average Bonchev–Trinajstić information content (AvgIpc) is 2.58. The summed E-state index contributed by atoms with van der Waals surface area (Å²) >= 11 is 0. The van der Waals surface area contributed by atoms with E-state index in [2.05, 4.69) is 43.4 Å². The third-order valence-corrected chi connectivity index (χ3v) is 3.50. The molecule has 25 heavy (non-hydrogen) atoms. The van der Waals surface area contributed by atoms with Gasteiger partial charge in [0.2, 0.25) is 0 Å². The minimum atomic E-state index is -0.710. The first-order valence-electron chi connectivity index (χ1n) is 9.35. The van der Waals surface area contributed by atoms with E-state index in [0.29, 0.717) is 6.42 Å². The predicted octanol–water partition coefficient (Wildman–Crippen LogP) is 5.74. The molecule has 0 aromatic heterocycles. The first-order chi connectivity index (χ1) is 12.2. The Labute approximate surface area is 153 Å². The van der Waals surface area contributed by atoms with Crippen LogP contribution < -0.4 is 0 Å². The van der Waals surface area contributed by atoms with Crippen molar-refractivity contribution >= 4 is 5.97 Å². The summed E-state index contributed by atoms with van der Waals surface area (Å²) in [6.45, 7) is 2.12. The van der Waals surface area contributed by atoms with Gasteiger partial charge in [-0.15, -0.1) is 0 Å². The highest BCUT2D eigenvalue weighted by Crippen LogP contribution is 2.04. The molecule has 0 saturated heterocycles. The molecule has 0 amide bonds. The molecule has 2 N–H and O–H groups in total. The molecule has 1 atom stereocenters. The first kappa shape index (κ1) is 23.1. The maximum absolute atomic E-state index is 10.4. The number of carboxylic acids is 1. The molecule has 3 heteroatoms. The molecule has 140 valence electrons. The van der Waals surface area contributed by atoms with Crippen molar-refractivity contribution < 1.29 is 15.0 Å². The lowest BCUT2D eigenvalue weighted by Crippen LogP contribution is -1.98. The van der Waals surface area contributed by atoms with Crippen molar-refractivity contribution in [2.45, 2.75) is 70.8 Å². The standard InChI is InChI=1S/C22H34O3/c1-2-3-4-5-9-12-15-18-21(23)19-16-13-10-7-6-8-11-14-17-20-22(24)25/h3-4,6-7,9,12-13,15-16,18,21,23H,2,5,8,10-11,14,17,19-20H2,1H3,(H,24,25). The summed E-state index contributed by atoms with van der Waals surface area (Å²) in [5, 5.41) is 18.3. The second-order valence-corrected chi connectivity index (χ2v) is 5.90. The summed E-state index contributed by atoms with van der Waals surface area (Å²) < 4.78 is 0. The fraction of sp³-hybridized carbons (Fsp3) is 0.500. The van der Waals surface area contributed by atoms with Crippen molar-refractivity contribution in [1.82, 2.24) is 0 Å². The van der Waals surface area contributed by atoms with Gasteiger partial charge in [0.05, 0.1) is 6.10 Å². The molecule has 0 aliphatic heterocycles. The molecule has 1 unspecified atom stereocenters. The number of aliphatic hydroxyl groups excluding tert-OH is 1. The molecule has 0 aliphatic rings. The second kappa shape index (κ2) is 18.5. The number of carboxylic acid groups (broad SMARTS) is 1. The Morgan fingerprint density at radius 3 is 2.36 bits per heavy atom. The number of hydrogen-bond acceptors (Lipinski definition) is 2. The average molecular weight is 347 g/mol. The minimum Gasteiger partial charge on any atom is -0.481 e. The number of unbranched alkanes of at least 4 members (excludes halogenated alkanes) is 3. The molecule has 0 bridgehead atoms. The fourth-order valence-corrected chi connectivity index (χ4v) is 2.11. The number of aliphatic hydroxyl groups is 1. The Balaban J connectivity index is 3.61. The third kappa shape index (κ3) is 20.1. The summed E-state index contributed by atoms with van der Waals surface area (Å²) in [5.74, 6) is -0.710. The zero-order chi connectivity index (χ0) is 18.6. The van der Waals surface area contributed by atoms with Crippen molar-refractivity contribution in [1.29, 1.82) is 0 Å². The molecule has 0 fully saturated rings. The Hall–Kier alpha value is -1.87. The lowest BCUT2D eigenvalue weighted by Gasteiger charge is -1.98. The fourth-order valence-electron chi connectivity index (χ4n) is 2.11. The van der Waals surface area contributed by atoms with Crippen LogP contribution in [0.2, 0.25) is 0 Å². The van der Waals surface area contributed by atoms with Crippen LogP contribution in [0.25, 0.3) is 0 Å². The molecule has 0 aromatic carbocycles. The monoisotopic (exact) mass is 346 g/mol. The maximum atomic E-state index is 10.4. The third-order valence-electron chi connectivity index (χ3n) is 3.50. The van der Waals surface area contributed by atoms with Crippen LogP contribution in [0, 0.1) is 0 Å². The van der Waals surface area contributed by atoms with Gasteiger partial charge < -0.3 is 10.2 Å². The topological polar surface area (TPSA) is 57.5 Å². The van der Waals surface area contributed by atoms with E-state index in [0.717, 1.165) is 44.9 Å². The Morgan fingerprint density at radius 1 is 0.880 bits per heavy atom. The highest BCUT2D eigenvalue weighted by atomic mass is 16.4. The molecule has 0 heterocycles. The van der Waals surface area contributed by atoms with Crippen molar-refractivity contribution in [3.63, 3.8) is 0 Å². The molecule has 0 rings (SSSR count). The van der Waals surface area contributed by atoms with Crippen LogP contribution in [-0.2, 0) is 4.79 Å². The smallest absolute Gasteiger partial charge is 0.303 e. The second-order valence-electron chi connectivity index (χ2n) is 5.90. The van der Waals surface area contributed by atoms with Gasteiger partial charge >= 0.3 is 5.97 Å². The molecule has 0 radical (unpaired) electrons. The first-order valence-corrected chi connectivity index (χ1v) is 9.35. The Bertz CT molecular complexity index is 456. The summed E-state index contributed by atoms with van der Waals surface area (Å²) in [6.07, 6.45) is 27.4. The van der Waals surface area contributed by atoms with Gasteiger partial charge in [0, 0.05) is 6.42 Å². The van der Waals surface area contributed by atoms with Crippen LogP contribution in [-0.4, -0.2) is 22.3 Å². The van der Waals surface area contributed by atoms with Crippen molar-refractivity contribution in [3.8, 4) is 0 Å². The highest BCUT2D eigenvalue weighted by Gasteiger charge is 1.95. The van der Waals surface area contributed by atoms with Gasteiger partial charge in [0.25, 0.3) is 0 Å². The van der Waals surface area contributed by atoms with Gasteiger partial charge in [-0.2, -0.15) is 0 Å². The largest absolute Gasteiger partial charge is 0.481 e. The lowest BCUT2D eigenvalue weighted by atomic mass is 10.1. The number of rotatable bonds is 15. The minimum absolute atomic E-state index is 0.273. The van der Waals surface area contributed by atoms with E-state index in [9.17, 15) is 9.90 Å². The van der Waals surface area contributed by atoms with E-state index in [4.69, 9.17) is 5.11 Å². The van der Waals surface area contributed by atoms with E-state index in [-0.39, 0.29) is 6.42 Å². The molecule has 0 aliphatic carbocycles. The van der Waals surface area contributed by atoms with E-state index >= 15 is 0 Å². The van der Waals surface area contributed by atoms with Crippen LogP contribution in [0.4, 0.5) is 0 Å². The zero-order valence-electron chi connectivity index (χ0n) is 15.5. The SMILES string of the molecule is CCC=CCC=CC=CC(O)CC=CCC=CCCCCCC(=O)O. The van der Waals surface area contributed by atoms with E-state index in [1.807, 2.05) is 18.2 Å². The Morgan fingerprint density at radius 2 is 1.60 bits per heavy atom. The quantitative estimate of drug-likeness (QED) is 0.226. The van der Waals surface area contributed by atoms with Crippen molar-refractivity contribution in [3.05, 3.63) is 60.8 Å². The van der Waals surface area contributed by atoms with Gasteiger partial charge in [0.1, 0.15) is 0 Å². The highest BCUT2D eigenvalue weighted by molar-refractivity contribution is 5.66. The molecular formula is C22H34O3. The van der Waals surface area contributed by atoms with Gasteiger partial charge in [-0.05, 0) is 44.9 Å². The maximum Gasteiger partial charge on any atom is 0.303 e. The van der Waals surface area contributed by atoms with Gasteiger partial charge in [-0.1, -0.05) is 74.1 Å². The van der Waals surface area contributed by atoms with E-state index < -0.39 is 12.1 Å². The van der Waals surface area contributed by atoms with Gasteiger partial charge in [-0.25, -0.2) is 0 Å². The van der Waals surface area contributed by atoms with Crippen LogP contribution in [0.5, 0.6) is 0 Å². The van der Waals surface area contributed by atoms with Gasteiger partial charge in [0.15, 0.2) is 0 Å².